The van der Waals surface area contributed by atoms with E-state index in [9.17, 15) is 4.79 Å². The van der Waals surface area contributed by atoms with Gasteiger partial charge in [-0.3, -0.25) is 4.79 Å². The van der Waals surface area contributed by atoms with Gasteiger partial charge in [-0.1, -0.05) is 30.3 Å². The van der Waals surface area contributed by atoms with Crippen molar-refractivity contribution in [2.75, 3.05) is 5.32 Å². The minimum absolute atomic E-state index is 0.126. The van der Waals surface area contributed by atoms with Crippen LogP contribution in [0.5, 0.6) is 0 Å². The number of carbonyl (C=O) groups is 1. The predicted molar refractivity (Wildman–Crippen MR) is 101 cm³/mol. The van der Waals surface area contributed by atoms with Crippen molar-refractivity contribution in [2.24, 2.45) is 0 Å². The monoisotopic (exact) mass is 364 g/mol. The molecule has 0 atom stereocenters. The van der Waals surface area contributed by atoms with Crippen LogP contribution in [-0.4, -0.2) is 30.4 Å². The topological polar surface area (TPSA) is 88.5 Å². The summed E-state index contributed by atoms with van der Waals surface area (Å²) in [6.45, 7) is 2.07. The zero-order valence-electron chi connectivity index (χ0n) is 14.0. The number of amides is 1. The van der Waals surface area contributed by atoms with Gasteiger partial charge in [0.1, 0.15) is 12.2 Å². The molecule has 0 bridgehead atoms. The van der Waals surface area contributed by atoms with Gasteiger partial charge in [0.25, 0.3) is 0 Å². The SMILES string of the molecule is Cc1[nH]cnc1-c1c(-c2ccccc2)ncn1CC(=O)Nc1nccs1. The number of nitrogens with zero attached hydrogens (tertiary/aromatic N) is 4. The summed E-state index contributed by atoms with van der Waals surface area (Å²) >= 11 is 1.38. The van der Waals surface area contributed by atoms with Crippen molar-refractivity contribution in [1.29, 1.82) is 0 Å². The van der Waals surface area contributed by atoms with E-state index in [1.54, 1.807) is 18.9 Å². The van der Waals surface area contributed by atoms with Crippen molar-refractivity contribution in [3.8, 4) is 22.6 Å². The van der Waals surface area contributed by atoms with Gasteiger partial charge in [-0.2, -0.15) is 0 Å². The lowest BCUT2D eigenvalue weighted by molar-refractivity contribution is -0.116. The molecule has 3 aromatic heterocycles. The molecule has 0 radical (unpaired) electrons. The van der Waals surface area contributed by atoms with Crippen molar-refractivity contribution in [3.63, 3.8) is 0 Å². The third-order valence-electron chi connectivity index (χ3n) is 3.93. The van der Waals surface area contributed by atoms with E-state index in [1.165, 1.54) is 11.3 Å². The largest absolute Gasteiger partial charge is 0.348 e. The van der Waals surface area contributed by atoms with Crippen LogP contribution >= 0.6 is 11.3 Å². The van der Waals surface area contributed by atoms with Crippen molar-refractivity contribution >= 4 is 22.4 Å². The number of rotatable bonds is 5. The molecule has 8 heteroatoms. The highest BCUT2D eigenvalue weighted by atomic mass is 32.1. The fourth-order valence-electron chi connectivity index (χ4n) is 2.75. The third-order valence-corrected chi connectivity index (χ3v) is 4.62. The summed E-state index contributed by atoms with van der Waals surface area (Å²) in [4.78, 5) is 28.6. The van der Waals surface area contributed by atoms with Crippen LogP contribution in [0.15, 0.2) is 54.6 Å². The van der Waals surface area contributed by atoms with Gasteiger partial charge in [0.05, 0.1) is 24.0 Å². The molecular weight excluding hydrogens is 348 g/mol. The van der Waals surface area contributed by atoms with Gasteiger partial charge in [-0.25, -0.2) is 15.0 Å². The maximum atomic E-state index is 12.4. The Labute approximate surface area is 153 Å². The summed E-state index contributed by atoms with van der Waals surface area (Å²) < 4.78 is 1.81. The number of anilines is 1. The second-order valence-corrected chi connectivity index (χ2v) is 6.59. The Kier molecular flexibility index (Phi) is 4.32. The fourth-order valence-corrected chi connectivity index (χ4v) is 3.30. The molecule has 0 fully saturated rings. The van der Waals surface area contributed by atoms with E-state index in [-0.39, 0.29) is 12.5 Å². The lowest BCUT2D eigenvalue weighted by atomic mass is 10.1. The molecule has 0 unspecified atom stereocenters. The summed E-state index contributed by atoms with van der Waals surface area (Å²) in [5, 5.41) is 5.20. The first-order chi connectivity index (χ1) is 12.7. The number of aromatic amines is 1. The Hall–Kier alpha value is -3.26. The molecule has 0 saturated heterocycles. The molecule has 7 nitrogen and oxygen atoms in total. The number of carbonyl (C=O) groups excluding carboxylic acids is 1. The van der Waals surface area contributed by atoms with Gasteiger partial charge in [0, 0.05) is 22.8 Å². The molecule has 1 amide bonds. The van der Waals surface area contributed by atoms with Crippen LogP contribution in [0.2, 0.25) is 0 Å². The summed E-state index contributed by atoms with van der Waals surface area (Å²) in [5.74, 6) is -0.161. The number of nitrogens with one attached hydrogen (secondary N) is 2. The van der Waals surface area contributed by atoms with Crippen LogP contribution in [0.1, 0.15) is 5.69 Å². The van der Waals surface area contributed by atoms with E-state index in [2.05, 4.69) is 25.3 Å². The summed E-state index contributed by atoms with van der Waals surface area (Å²) in [5.41, 5.74) is 4.28. The summed E-state index contributed by atoms with van der Waals surface area (Å²) in [6, 6.07) is 9.87. The fraction of sp³-hybridized carbons (Fsp3) is 0.111. The van der Waals surface area contributed by atoms with Crippen LogP contribution < -0.4 is 5.32 Å². The van der Waals surface area contributed by atoms with Gasteiger partial charge < -0.3 is 14.9 Å². The second-order valence-electron chi connectivity index (χ2n) is 5.70. The Morgan fingerprint density at radius 2 is 2.04 bits per heavy atom. The summed E-state index contributed by atoms with van der Waals surface area (Å²) in [6.07, 6.45) is 4.98. The smallest absolute Gasteiger partial charge is 0.246 e. The number of thiazole rings is 1. The molecule has 26 heavy (non-hydrogen) atoms. The molecule has 0 aliphatic carbocycles. The van der Waals surface area contributed by atoms with E-state index >= 15 is 0 Å². The maximum absolute atomic E-state index is 12.4. The van der Waals surface area contributed by atoms with Gasteiger partial charge in [-0.15, -0.1) is 11.3 Å². The molecule has 4 rings (SSSR count). The minimum atomic E-state index is -0.161. The minimum Gasteiger partial charge on any atom is -0.348 e. The number of aromatic nitrogens is 5. The maximum Gasteiger partial charge on any atom is 0.246 e. The highest BCUT2D eigenvalue weighted by Gasteiger charge is 2.20. The lowest BCUT2D eigenvalue weighted by Crippen LogP contribution is -2.19. The number of hydrogen-bond donors (Lipinski definition) is 2. The highest BCUT2D eigenvalue weighted by molar-refractivity contribution is 7.13. The normalized spacial score (nSPS) is 10.8. The highest BCUT2D eigenvalue weighted by Crippen LogP contribution is 2.31. The van der Waals surface area contributed by atoms with Crippen LogP contribution in [0, 0.1) is 6.92 Å². The molecule has 130 valence electrons. The molecule has 1 aromatic carbocycles. The second kappa shape index (κ2) is 6.93. The molecule has 2 N–H and O–H groups in total. The van der Waals surface area contributed by atoms with Gasteiger partial charge in [-0.05, 0) is 6.92 Å². The van der Waals surface area contributed by atoms with Crippen LogP contribution in [0.25, 0.3) is 22.6 Å². The zero-order chi connectivity index (χ0) is 17.9. The Morgan fingerprint density at radius 1 is 1.19 bits per heavy atom. The molecule has 0 aliphatic rings. The Balaban J connectivity index is 1.72. The first kappa shape index (κ1) is 16.2. The Bertz CT molecular complexity index is 1020. The zero-order valence-corrected chi connectivity index (χ0v) is 14.8. The number of H-pyrrole nitrogens is 1. The van der Waals surface area contributed by atoms with Gasteiger partial charge >= 0.3 is 0 Å². The molecule has 0 saturated carbocycles. The summed E-state index contributed by atoms with van der Waals surface area (Å²) in [7, 11) is 0. The molecule has 0 aliphatic heterocycles. The van der Waals surface area contributed by atoms with Gasteiger partial charge in [0.15, 0.2) is 5.13 Å². The third kappa shape index (κ3) is 3.14. The average Bonchev–Trinajstić information content (AvgIpc) is 3.37. The first-order valence-electron chi connectivity index (χ1n) is 8.02. The molecule has 3 heterocycles. The number of imidazole rings is 2. The molecular formula is C18H16N6OS. The molecule has 4 aromatic rings. The van der Waals surface area contributed by atoms with E-state index in [0.717, 1.165) is 28.3 Å². The first-order valence-corrected chi connectivity index (χ1v) is 8.90. The van der Waals surface area contributed by atoms with Crippen molar-refractivity contribution < 1.29 is 4.79 Å². The molecule has 0 spiro atoms. The van der Waals surface area contributed by atoms with Gasteiger partial charge in [0.2, 0.25) is 5.91 Å². The lowest BCUT2D eigenvalue weighted by Gasteiger charge is -2.09. The van der Waals surface area contributed by atoms with Crippen molar-refractivity contribution in [1.82, 2.24) is 24.5 Å². The quantitative estimate of drug-likeness (QED) is 0.568. The average molecular weight is 364 g/mol. The van der Waals surface area contributed by atoms with Crippen molar-refractivity contribution in [3.05, 3.63) is 60.3 Å². The van der Waals surface area contributed by atoms with Crippen LogP contribution in [-0.2, 0) is 11.3 Å². The number of benzene rings is 1. The standard InChI is InChI=1S/C18H16N6OS/c1-12-15(21-10-20-12)17-16(13-5-3-2-4-6-13)22-11-24(17)9-14(25)23-18-19-7-8-26-18/h2-8,10-11H,9H2,1H3,(H,20,21)(H,19,23,25). The number of hydrogen-bond acceptors (Lipinski definition) is 5. The van der Waals surface area contributed by atoms with E-state index < -0.39 is 0 Å². The van der Waals surface area contributed by atoms with E-state index in [1.807, 2.05) is 47.2 Å². The number of aryl methyl sites for hydroxylation is 1. The van der Waals surface area contributed by atoms with E-state index in [4.69, 9.17) is 0 Å². The van der Waals surface area contributed by atoms with Crippen LogP contribution in [0.4, 0.5) is 5.13 Å². The Morgan fingerprint density at radius 3 is 2.73 bits per heavy atom. The van der Waals surface area contributed by atoms with Crippen molar-refractivity contribution in [2.45, 2.75) is 13.5 Å². The van der Waals surface area contributed by atoms with E-state index in [0.29, 0.717) is 5.13 Å². The predicted octanol–water partition coefficient (Wildman–Crippen LogP) is 3.34. The van der Waals surface area contributed by atoms with Crippen LogP contribution in [0.3, 0.4) is 0 Å².